The third-order valence-corrected chi connectivity index (χ3v) is 3.81. The molecule has 6 heteroatoms. The molecule has 0 unspecified atom stereocenters. The predicted molar refractivity (Wildman–Crippen MR) is 86.2 cm³/mol. The third kappa shape index (κ3) is 2.38. The van der Waals surface area contributed by atoms with Crippen molar-refractivity contribution in [3.05, 3.63) is 54.1 Å². The first-order valence-electron chi connectivity index (χ1n) is 7.40. The first-order valence-corrected chi connectivity index (χ1v) is 7.40. The Morgan fingerprint density at radius 3 is 2.48 bits per heavy atom. The highest BCUT2D eigenvalue weighted by Crippen LogP contribution is 2.29. The van der Waals surface area contributed by atoms with Crippen molar-refractivity contribution in [2.75, 3.05) is 0 Å². The number of aromatic nitrogens is 5. The number of rotatable bonds is 3. The van der Waals surface area contributed by atoms with Crippen molar-refractivity contribution in [2.45, 2.75) is 13.3 Å². The van der Waals surface area contributed by atoms with Crippen LogP contribution < -0.4 is 0 Å². The van der Waals surface area contributed by atoms with Crippen LogP contribution in [0, 0.1) is 5.82 Å². The number of hydrogen-bond donors (Lipinski definition) is 2. The first kappa shape index (κ1) is 13.6. The van der Waals surface area contributed by atoms with Crippen LogP contribution in [-0.4, -0.2) is 25.4 Å². The molecule has 0 bridgehead atoms. The number of H-pyrrole nitrogens is 2. The van der Waals surface area contributed by atoms with E-state index >= 15 is 0 Å². The van der Waals surface area contributed by atoms with Gasteiger partial charge in [0.1, 0.15) is 11.6 Å². The van der Waals surface area contributed by atoms with Crippen molar-refractivity contribution in [3.8, 4) is 22.6 Å². The van der Waals surface area contributed by atoms with Gasteiger partial charge in [0.2, 0.25) is 0 Å². The van der Waals surface area contributed by atoms with Crippen LogP contribution in [0.5, 0.6) is 0 Å². The van der Waals surface area contributed by atoms with Crippen LogP contribution >= 0.6 is 0 Å². The summed E-state index contributed by atoms with van der Waals surface area (Å²) in [6, 6.07) is 12.2. The van der Waals surface area contributed by atoms with Crippen molar-refractivity contribution in [1.82, 2.24) is 25.4 Å². The number of nitrogens with one attached hydrogen (secondary N) is 2. The molecule has 2 aromatic carbocycles. The van der Waals surface area contributed by atoms with E-state index in [2.05, 4.69) is 25.4 Å². The molecule has 2 N–H and O–H groups in total. The topological polar surface area (TPSA) is 70.2 Å². The van der Waals surface area contributed by atoms with Crippen LogP contribution in [0.1, 0.15) is 12.7 Å². The van der Waals surface area contributed by atoms with E-state index in [1.807, 2.05) is 25.1 Å². The van der Waals surface area contributed by atoms with Crippen LogP contribution in [0.4, 0.5) is 4.39 Å². The standard InChI is InChI=1S/C17H14FN5/c1-2-15-19-17(23-21-15)11-5-8-14-13(9-11)16(22-20-14)10-3-6-12(18)7-4-10/h3-9H,2H2,1H3,(H,20,22)(H,19,21,23). The molecule has 0 saturated heterocycles. The van der Waals surface area contributed by atoms with Crippen molar-refractivity contribution in [2.24, 2.45) is 0 Å². The van der Waals surface area contributed by atoms with Crippen LogP contribution in [-0.2, 0) is 6.42 Å². The van der Waals surface area contributed by atoms with Crippen molar-refractivity contribution >= 4 is 10.9 Å². The summed E-state index contributed by atoms with van der Waals surface area (Å²) >= 11 is 0. The summed E-state index contributed by atoms with van der Waals surface area (Å²) < 4.78 is 13.1. The number of aromatic amines is 2. The fourth-order valence-corrected chi connectivity index (χ4v) is 2.56. The monoisotopic (exact) mass is 307 g/mol. The summed E-state index contributed by atoms with van der Waals surface area (Å²) in [5, 5.41) is 15.5. The molecule has 0 aliphatic heterocycles. The lowest BCUT2D eigenvalue weighted by Crippen LogP contribution is -1.83. The molecule has 0 fully saturated rings. The fraction of sp³-hybridized carbons (Fsp3) is 0.118. The molecule has 0 saturated carbocycles. The molecule has 4 rings (SSSR count). The Kier molecular flexibility index (Phi) is 3.15. The molecule has 0 radical (unpaired) electrons. The van der Waals surface area contributed by atoms with Crippen LogP contribution in [0.15, 0.2) is 42.5 Å². The summed E-state index contributed by atoms with van der Waals surface area (Å²) in [7, 11) is 0. The number of aryl methyl sites for hydroxylation is 1. The third-order valence-electron chi connectivity index (χ3n) is 3.81. The first-order chi connectivity index (χ1) is 11.2. The average molecular weight is 307 g/mol. The number of benzene rings is 2. The normalized spacial score (nSPS) is 11.2. The highest BCUT2D eigenvalue weighted by atomic mass is 19.1. The Bertz CT molecular complexity index is 968. The van der Waals surface area contributed by atoms with E-state index < -0.39 is 0 Å². The second-order valence-electron chi connectivity index (χ2n) is 5.30. The predicted octanol–water partition coefficient (Wildman–Crippen LogP) is 3.72. The SMILES string of the molecule is CCc1nc(-c2ccc3[nH]nc(-c4ccc(F)cc4)c3c2)n[nH]1. The summed E-state index contributed by atoms with van der Waals surface area (Å²) in [6.45, 7) is 2.02. The lowest BCUT2D eigenvalue weighted by atomic mass is 10.1. The van der Waals surface area contributed by atoms with E-state index in [-0.39, 0.29) is 5.82 Å². The maximum Gasteiger partial charge on any atom is 0.181 e. The maximum atomic E-state index is 13.1. The molecule has 0 aliphatic rings. The number of hydrogen-bond acceptors (Lipinski definition) is 3. The van der Waals surface area contributed by atoms with Gasteiger partial charge in [-0.2, -0.15) is 10.2 Å². The van der Waals surface area contributed by atoms with Gasteiger partial charge in [0, 0.05) is 22.9 Å². The van der Waals surface area contributed by atoms with Gasteiger partial charge in [-0.25, -0.2) is 9.37 Å². The lowest BCUT2D eigenvalue weighted by molar-refractivity contribution is 0.628. The molecular weight excluding hydrogens is 293 g/mol. The molecule has 2 aromatic heterocycles. The highest BCUT2D eigenvalue weighted by molar-refractivity contribution is 5.95. The van der Waals surface area contributed by atoms with Gasteiger partial charge in [0.15, 0.2) is 5.82 Å². The van der Waals surface area contributed by atoms with Gasteiger partial charge >= 0.3 is 0 Å². The summed E-state index contributed by atoms with van der Waals surface area (Å²) in [6.07, 6.45) is 0.807. The average Bonchev–Trinajstić information content (AvgIpc) is 3.22. The quantitative estimate of drug-likeness (QED) is 0.606. The molecule has 0 spiro atoms. The molecular formula is C17H14FN5. The summed E-state index contributed by atoms with van der Waals surface area (Å²) in [5.41, 5.74) is 3.48. The molecule has 0 atom stereocenters. The van der Waals surface area contributed by atoms with Gasteiger partial charge < -0.3 is 0 Å². The Morgan fingerprint density at radius 2 is 1.74 bits per heavy atom. The zero-order valence-corrected chi connectivity index (χ0v) is 12.5. The van der Waals surface area contributed by atoms with E-state index in [0.29, 0.717) is 5.82 Å². The smallest absolute Gasteiger partial charge is 0.181 e. The zero-order chi connectivity index (χ0) is 15.8. The fourth-order valence-electron chi connectivity index (χ4n) is 2.56. The molecule has 0 aliphatic carbocycles. The van der Waals surface area contributed by atoms with E-state index in [4.69, 9.17) is 0 Å². The Labute approximate surface area is 131 Å². The van der Waals surface area contributed by atoms with Gasteiger partial charge in [0.05, 0.1) is 11.2 Å². The minimum absolute atomic E-state index is 0.262. The largest absolute Gasteiger partial charge is 0.277 e. The number of halogens is 1. The van der Waals surface area contributed by atoms with Crippen LogP contribution in [0.2, 0.25) is 0 Å². The van der Waals surface area contributed by atoms with Gasteiger partial charge in [0.25, 0.3) is 0 Å². The molecule has 0 amide bonds. The van der Waals surface area contributed by atoms with E-state index in [1.54, 1.807) is 12.1 Å². The molecule has 5 nitrogen and oxygen atoms in total. The Morgan fingerprint density at radius 1 is 0.957 bits per heavy atom. The number of fused-ring (bicyclic) bond motifs is 1. The van der Waals surface area contributed by atoms with Gasteiger partial charge in [-0.05, 0) is 42.5 Å². The molecule has 2 heterocycles. The van der Waals surface area contributed by atoms with E-state index in [0.717, 1.165) is 40.0 Å². The Hall–Kier alpha value is -3.02. The maximum absolute atomic E-state index is 13.1. The summed E-state index contributed by atoms with van der Waals surface area (Å²) in [4.78, 5) is 4.46. The summed E-state index contributed by atoms with van der Waals surface area (Å²) in [5.74, 6) is 1.25. The van der Waals surface area contributed by atoms with E-state index in [1.165, 1.54) is 12.1 Å². The highest BCUT2D eigenvalue weighted by Gasteiger charge is 2.11. The molecule has 23 heavy (non-hydrogen) atoms. The second-order valence-corrected chi connectivity index (χ2v) is 5.30. The van der Waals surface area contributed by atoms with Gasteiger partial charge in [-0.3, -0.25) is 10.2 Å². The van der Waals surface area contributed by atoms with E-state index in [9.17, 15) is 4.39 Å². The minimum atomic E-state index is -0.262. The second kappa shape index (κ2) is 5.31. The molecule has 114 valence electrons. The Balaban J connectivity index is 1.84. The van der Waals surface area contributed by atoms with Crippen molar-refractivity contribution < 1.29 is 4.39 Å². The minimum Gasteiger partial charge on any atom is -0.277 e. The van der Waals surface area contributed by atoms with Crippen LogP contribution in [0.25, 0.3) is 33.5 Å². The van der Waals surface area contributed by atoms with Gasteiger partial charge in [-0.1, -0.05) is 6.92 Å². The zero-order valence-electron chi connectivity index (χ0n) is 12.5. The van der Waals surface area contributed by atoms with Crippen molar-refractivity contribution in [3.63, 3.8) is 0 Å². The van der Waals surface area contributed by atoms with Crippen molar-refractivity contribution in [1.29, 1.82) is 0 Å². The van der Waals surface area contributed by atoms with Gasteiger partial charge in [-0.15, -0.1) is 0 Å². The lowest BCUT2D eigenvalue weighted by Gasteiger charge is -2.00. The van der Waals surface area contributed by atoms with Crippen LogP contribution in [0.3, 0.4) is 0 Å². The number of nitrogens with zero attached hydrogens (tertiary/aromatic N) is 3. The molecule has 4 aromatic rings.